The van der Waals surface area contributed by atoms with Gasteiger partial charge in [0.25, 0.3) is 0 Å². The quantitative estimate of drug-likeness (QED) is 0.790. The van der Waals surface area contributed by atoms with E-state index in [1.165, 1.54) is 25.7 Å². The van der Waals surface area contributed by atoms with Gasteiger partial charge in [0.2, 0.25) is 0 Å². The first-order valence-corrected chi connectivity index (χ1v) is 6.58. The summed E-state index contributed by atoms with van der Waals surface area (Å²) in [5.41, 5.74) is 8.36. The van der Waals surface area contributed by atoms with E-state index in [1.54, 1.807) is 6.20 Å². The molecule has 1 aliphatic rings. The van der Waals surface area contributed by atoms with Crippen molar-refractivity contribution in [3.8, 4) is 0 Å². The van der Waals surface area contributed by atoms with Gasteiger partial charge in [0.1, 0.15) is 0 Å². The molecule has 2 aromatic rings. The Morgan fingerprint density at radius 3 is 2.78 bits per heavy atom. The molecular formula is C15H19N3. The summed E-state index contributed by atoms with van der Waals surface area (Å²) in [6.07, 6.45) is 8.70. The van der Waals surface area contributed by atoms with Crippen molar-refractivity contribution in [2.45, 2.75) is 38.1 Å². The van der Waals surface area contributed by atoms with Gasteiger partial charge in [-0.05, 0) is 31.9 Å². The zero-order valence-electron chi connectivity index (χ0n) is 10.7. The molecule has 18 heavy (non-hydrogen) atoms. The Morgan fingerprint density at radius 2 is 2.00 bits per heavy atom. The fraction of sp³-hybridized carbons (Fsp3) is 0.400. The number of nitrogens with two attached hydrogens (primary N) is 1. The van der Waals surface area contributed by atoms with Crippen LogP contribution in [0, 0.1) is 0 Å². The molecule has 3 heteroatoms. The standard InChI is InChI=1S/C15H19N3/c1-15(7-2-3-8-15)18-13-5-4-11-10-17-9-6-12(11)14(13)16/h4-6,9-10,18H,2-3,7-8,16H2,1H3. The molecule has 0 atom stereocenters. The van der Waals surface area contributed by atoms with E-state index in [0.29, 0.717) is 0 Å². The summed E-state index contributed by atoms with van der Waals surface area (Å²) in [6, 6.07) is 6.13. The number of aromatic nitrogens is 1. The number of hydrogen-bond donors (Lipinski definition) is 2. The number of pyridine rings is 1. The van der Waals surface area contributed by atoms with E-state index in [4.69, 9.17) is 5.73 Å². The van der Waals surface area contributed by atoms with Crippen molar-refractivity contribution in [2.24, 2.45) is 0 Å². The zero-order valence-corrected chi connectivity index (χ0v) is 10.7. The molecule has 1 aromatic carbocycles. The van der Waals surface area contributed by atoms with E-state index in [-0.39, 0.29) is 5.54 Å². The molecule has 1 saturated carbocycles. The summed E-state index contributed by atoms with van der Waals surface area (Å²) in [4.78, 5) is 4.12. The van der Waals surface area contributed by atoms with Crippen molar-refractivity contribution in [1.29, 1.82) is 0 Å². The molecule has 3 N–H and O–H groups in total. The molecule has 0 bridgehead atoms. The molecule has 0 amide bonds. The van der Waals surface area contributed by atoms with E-state index >= 15 is 0 Å². The monoisotopic (exact) mass is 241 g/mol. The number of rotatable bonds is 2. The van der Waals surface area contributed by atoms with Crippen LogP contribution in [0.1, 0.15) is 32.6 Å². The largest absolute Gasteiger partial charge is 0.397 e. The van der Waals surface area contributed by atoms with Crippen LogP contribution in [0.2, 0.25) is 0 Å². The summed E-state index contributed by atoms with van der Waals surface area (Å²) in [6.45, 7) is 2.29. The van der Waals surface area contributed by atoms with Crippen LogP contribution in [0.25, 0.3) is 10.8 Å². The lowest BCUT2D eigenvalue weighted by molar-refractivity contribution is 0.534. The van der Waals surface area contributed by atoms with Crippen LogP contribution in [-0.2, 0) is 0 Å². The highest BCUT2D eigenvalue weighted by molar-refractivity contribution is 5.98. The van der Waals surface area contributed by atoms with Crippen molar-refractivity contribution in [3.05, 3.63) is 30.6 Å². The van der Waals surface area contributed by atoms with Crippen molar-refractivity contribution in [3.63, 3.8) is 0 Å². The molecule has 1 aromatic heterocycles. The summed E-state index contributed by atoms with van der Waals surface area (Å²) in [5, 5.41) is 5.81. The second-order valence-corrected chi connectivity index (χ2v) is 5.52. The van der Waals surface area contributed by atoms with E-state index in [9.17, 15) is 0 Å². The Bertz CT molecular complexity index is 571. The smallest absolute Gasteiger partial charge is 0.0630 e. The van der Waals surface area contributed by atoms with Gasteiger partial charge in [-0.2, -0.15) is 0 Å². The predicted octanol–water partition coefficient (Wildman–Crippen LogP) is 3.56. The van der Waals surface area contributed by atoms with E-state index in [1.807, 2.05) is 12.3 Å². The Hall–Kier alpha value is -1.77. The Balaban J connectivity index is 1.99. The maximum absolute atomic E-state index is 6.27. The number of nitrogens with one attached hydrogen (secondary N) is 1. The normalized spacial score (nSPS) is 18.1. The summed E-state index contributed by atoms with van der Waals surface area (Å²) in [5.74, 6) is 0. The molecule has 0 spiro atoms. The van der Waals surface area contributed by atoms with Gasteiger partial charge in [-0.1, -0.05) is 18.9 Å². The van der Waals surface area contributed by atoms with Gasteiger partial charge in [0.15, 0.2) is 0 Å². The Kier molecular flexibility index (Phi) is 2.62. The van der Waals surface area contributed by atoms with Crippen molar-refractivity contribution in [1.82, 2.24) is 4.98 Å². The number of benzene rings is 1. The molecular weight excluding hydrogens is 222 g/mol. The number of nitrogen functional groups attached to an aromatic ring is 1. The van der Waals surface area contributed by atoms with E-state index in [2.05, 4.69) is 29.4 Å². The highest BCUT2D eigenvalue weighted by Crippen LogP contribution is 2.36. The van der Waals surface area contributed by atoms with E-state index in [0.717, 1.165) is 22.1 Å². The van der Waals surface area contributed by atoms with Crippen LogP contribution in [-0.4, -0.2) is 10.5 Å². The first-order chi connectivity index (χ1) is 8.68. The number of fused-ring (bicyclic) bond motifs is 1. The van der Waals surface area contributed by atoms with Crippen LogP contribution < -0.4 is 11.1 Å². The average Bonchev–Trinajstić information content (AvgIpc) is 2.80. The highest BCUT2D eigenvalue weighted by atomic mass is 15.0. The van der Waals surface area contributed by atoms with Crippen molar-refractivity contribution >= 4 is 22.1 Å². The summed E-state index contributed by atoms with van der Waals surface area (Å²) >= 11 is 0. The topological polar surface area (TPSA) is 50.9 Å². The first kappa shape index (κ1) is 11.3. The van der Waals surface area contributed by atoms with Crippen LogP contribution in [0.15, 0.2) is 30.6 Å². The third-order valence-corrected chi connectivity index (χ3v) is 4.01. The Morgan fingerprint density at radius 1 is 1.22 bits per heavy atom. The minimum atomic E-state index is 0.203. The first-order valence-electron chi connectivity index (χ1n) is 6.58. The molecule has 0 unspecified atom stereocenters. The fourth-order valence-corrected chi connectivity index (χ4v) is 2.91. The van der Waals surface area contributed by atoms with Gasteiger partial charge >= 0.3 is 0 Å². The maximum Gasteiger partial charge on any atom is 0.0630 e. The minimum Gasteiger partial charge on any atom is -0.397 e. The zero-order chi connectivity index (χ0) is 12.6. The van der Waals surface area contributed by atoms with Crippen molar-refractivity contribution < 1.29 is 0 Å². The molecule has 0 aliphatic heterocycles. The molecule has 1 fully saturated rings. The lowest BCUT2D eigenvalue weighted by Gasteiger charge is -2.27. The lowest BCUT2D eigenvalue weighted by Crippen LogP contribution is -2.31. The summed E-state index contributed by atoms with van der Waals surface area (Å²) < 4.78 is 0. The molecule has 0 radical (unpaired) electrons. The second-order valence-electron chi connectivity index (χ2n) is 5.52. The number of anilines is 2. The molecule has 1 aliphatic carbocycles. The SMILES string of the molecule is CC1(Nc2ccc3cnccc3c2N)CCCC1. The van der Waals surface area contributed by atoms with Crippen LogP contribution in [0.3, 0.4) is 0 Å². The van der Waals surface area contributed by atoms with Gasteiger partial charge in [-0.25, -0.2) is 0 Å². The fourth-order valence-electron chi connectivity index (χ4n) is 2.91. The molecule has 1 heterocycles. The van der Waals surface area contributed by atoms with Crippen LogP contribution in [0.4, 0.5) is 11.4 Å². The lowest BCUT2D eigenvalue weighted by atomic mass is 9.99. The van der Waals surface area contributed by atoms with Gasteiger partial charge in [-0.3, -0.25) is 4.98 Å². The van der Waals surface area contributed by atoms with Crippen molar-refractivity contribution in [2.75, 3.05) is 11.1 Å². The van der Waals surface area contributed by atoms with Gasteiger partial charge in [-0.15, -0.1) is 0 Å². The summed E-state index contributed by atoms with van der Waals surface area (Å²) in [7, 11) is 0. The predicted molar refractivity (Wildman–Crippen MR) is 76.7 cm³/mol. The van der Waals surface area contributed by atoms with Gasteiger partial charge < -0.3 is 11.1 Å². The van der Waals surface area contributed by atoms with Gasteiger partial charge in [0, 0.05) is 28.7 Å². The third kappa shape index (κ3) is 1.90. The van der Waals surface area contributed by atoms with Crippen LogP contribution in [0.5, 0.6) is 0 Å². The second kappa shape index (κ2) is 4.16. The molecule has 94 valence electrons. The van der Waals surface area contributed by atoms with Gasteiger partial charge in [0.05, 0.1) is 11.4 Å². The maximum atomic E-state index is 6.27. The molecule has 3 nitrogen and oxygen atoms in total. The number of nitrogens with zero attached hydrogens (tertiary/aromatic N) is 1. The van der Waals surface area contributed by atoms with Crippen LogP contribution >= 0.6 is 0 Å². The third-order valence-electron chi connectivity index (χ3n) is 4.01. The highest BCUT2D eigenvalue weighted by Gasteiger charge is 2.28. The minimum absolute atomic E-state index is 0.203. The van der Waals surface area contributed by atoms with E-state index < -0.39 is 0 Å². The molecule has 0 saturated heterocycles. The average molecular weight is 241 g/mol. The Labute approximate surface area is 107 Å². The number of hydrogen-bond acceptors (Lipinski definition) is 3. The molecule has 3 rings (SSSR count).